The van der Waals surface area contributed by atoms with Gasteiger partial charge in [-0.1, -0.05) is 12.1 Å². The number of aromatic carboxylic acids is 1. The first-order chi connectivity index (χ1) is 9.04. The number of ether oxygens (including phenoxy) is 2. The standard InChI is InChI=1S/C15H20O4/c1-10-6-14(7-11(2)19-10)18-9-12-4-3-5-13(8-12)15(16)17/h3-5,8,10-11,14H,6-7,9H2,1-2H3,(H,16,17). The quantitative estimate of drug-likeness (QED) is 0.908. The first-order valence-electron chi connectivity index (χ1n) is 6.64. The van der Waals surface area contributed by atoms with E-state index in [9.17, 15) is 4.79 Å². The van der Waals surface area contributed by atoms with Gasteiger partial charge >= 0.3 is 5.97 Å². The van der Waals surface area contributed by atoms with E-state index in [4.69, 9.17) is 14.6 Å². The zero-order chi connectivity index (χ0) is 13.8. The van der Waals surface area contributed by atoms with Crippen LogP contribution in [0.2, 0.25) is 0 Å². The van der Waals surface area contributed by atoms with Crippen molar-refractivity contribution in [3.8, 4) is 0 Å². The number of hydrogen-bond acceptors (Lipinski definition) is 3. The first kappa shape index (κ1) is 14.0. The molecule has 0 amide bonds. The van der Waals surface area contributed by atoms with E-state index >= 15 is 0 Å². The Bertz CT molecular complexity index is 434. The van der Waals surface area contributed by atoms with E-state index in [1.54, 1.807) is 18.2 Å². The topological polar surface area (TPSA) is 55.8 Å². The second-order valence-electron chi connectivity index (χ2n) is 5.17. The Balaban J connectivity index is 1.91. The Morgan fingerprint density at radius 1 is 1.37 bits per heavy atom. The highest BCUT2D eigenvalue weighted by Gasteiger charge is 2.24. The molecular formula is C15H20O4. The van der Waals surface area contributed by atoms with Crippen LogP contribution < -0.4 is 0 Å². The van der Waals surface area contributed by atoms with Crippen molar-refractivity contribution in [1.82, 2.24) is 0 Å². The van der Waals surface area contributed by atoms with Crippen molar-refractivity contribution in [3.05, 3.63) is 35.4 Å². The molecule has 19 heavy (non-hydrogen) atoms. The lowest BCUT2D eigenvalue weighted by molar-refractivity contribution is -0.106. The summed E-state index contributed by atoms with van der Waals surface area (Å²) >= 11 is 0. The SMILES string of the molecule is CC1CC(OCc2cccc(C(=O)O)c2)CC(C)O1. The highest BCUT2D eigenvalue weighted by atomic mass is 16.5. The monoisotopic (exact) mass is 264 g/mol. The zero-order valence-corrected chi connectivity index (χ0v) is 11.3. The maximum Gasteiger partial charge on any atom is 0.335 e. The van der Waals surface area contributed by atoms with Crippen molar-refractivity contribution in [1.29, 1.82) is 0 Å². The van der Waals surface area contributed by atoms with E-state index in [2.05, 4.69) is 13.8 Å². The van der Waals surface area contributed by atoms with Crippen LogP contribution in [-0.2, 0) is 16.1 Å². The summed E-state index contributed by atoms with van der Waals surface area (Å²) in [7, 11) is 0. The van der Waals surface area contributed by atoms with E-state index in [0.29, 0.717) is 12.2 Å². The molecule has 0 aromatic heterocycles. The Labute approximate surface area is 113 Å². The minimum atomic E-state index is -0.907. The molecule has 1 aliphatic rings. The third-order valence-corrected chi connectivity index (χ3v) is 3.31. The number of carboxylic acids is 1. The molecule has 1 heterocycles. The van der Waals surface area contributed by atoms with Gasteiger partial charge in [0, 0.05) is 0 Å². The van der Waals surface area contributed by atoms with E-state index < -0.39 is 5.97 Å². The third-order valence-electron chi connectivity index (χ3n) is 3.31. The van der Waals surface area contributed by atoms with Gasteiger partial charge in [0.25, 0.3) is 0 Å². The van der Waals surface area contributed by atoms with Gasteiger partial charge in [0.2, 0.25) is 0 Å². The summed E-state index contributed by atoms with van der Waals surface area (Å²) in [5.74, 6) is -0.907. The van der Waals surface area contributed by atoms with E-state index in [1.807, 2.05) is 6.07 Å². The predicted molar refractivity (Wildman–Crippen MR) is 71.2 cm³/mol. The Morgan fingerprint density at radius 2 is 2.05 bits per heavy atom. The lowest BCUT2D eigenvalue weighted by atomic mass is 10.0. The smallest absolute Gasteiger partial charge is 0.335 e. The lowest BCUT2D eigenvalue weighted by Gasteiger charge is -2.32. The van der Waals surface area contributed by atoms with Crippen molar-refractivity contribution >= 4 is 5.97 Å². The van der Waals surface area contributed by atoms with Crippen LogP contribution >= 0.6 is 0 Å². The van der Waals surface area contributed by atoms with Crippen LogP contribution in [0.5, 0.6) is 0 Å². The first-order valence-corrected chi connectivity index (χ1v) is 6.64. The van der Waals surface area contributed by atoms with Crippen molar-refractivity contribution in [2.75, 3.05) is 0 Å². The van der Waals surface area contributed by atoms with Gasteiger partial charge in [-0.2, -0.15) is 0 Å². The third kappa shape index (κ3) is 4.04. The highest BCUT2D eigenvalue weighted by molar-refractivity contribution is 5.87. The molecule has 0 radical (unpaired) electrons. The van der Waals surface area contributed by atoms with Gasteiger partial charge in [0.1, 0.15) is 0 Å². The molecule has 0 aliphatic carbocycles. The molecule has 1 fully saturated rings. The van der Waals surface area contributed by atoms with Crippen LogP contribution in [-0.4, -0.2) is 29.4 Å². The molecule has 0 bridgehead atoms. The van der Waals surface area contributed by atoms with Gasteiger partial charge in [-0.05, 0) is 44.4 Å². The molecule has 2 atom stereocenters. The fourth-order valence-corrected chi connectivity index (χ4v) is 2.49. The van der Waals surface area contributed by atoms with Crippen LogP contribution in [0.4, 0.5) is 0 Å². The van der Waals surface area contributed by atoms with Crippen molar-refractivity contribution in [2.45, 2.75) is 51.6 Å². The van der Waals surface area contributed by atoms with Crippen LogP contribution in [0.3, 0.4) is 0 Å². The molecule has 4 nitrogen and oxygen atoms in total. The molecule has 1 N–H and O–H groups in total. The lowest BCUT2D eigenvalue weighted by Crippen LogP contribution is -2.33. The number of carboxylic acid groups (broad SMARTS) is 1. The fraction of sp³-hybridized carbons (Fsp3) is 0.533. The minimum absolute atomic E-state index is 0.187. The van der Waals surface area contributed by atoms with Crippen molar-refractivity contribution < 1.29 is 19.4 Å². The molecule has 1 aromatic rings. The summed E-state index contributed by atoms with van der Waals surface area (Å²) in [4.78, 5) is 10.9. The molecular weight excluding hydrogens is 244 g/mol. The molecule has 2 rings (SSSR count). The molecule has 0 saturated carbocycles. The Hall–Kier alpha value is -1.39. The number of carbonyl (C=O) groups is 1. The van der Waals surface area contributed by atoms with Crippen LogP contribution in [0.25, 0.3) is 0 Å². The predicted octanol–water partition coefficient (Wildman–Crippen LogP) is 2.86. The largest absolute Gasteiger partial charge is 0.478 e. The van der Waals surface area contributed by atoms with E-state index in [-0.39, 0.29) is 18.3 Å². The molecule has 2 unspecified atom stereocenters. The van der Waals surface area contributed by atoms with Crippen LogP contribution in [0.15, 0.2) is 24.3 Å². The maximum absolute atomic E-state index is 10.9. The van der Waals surface area contributed by atoms with Gasteiger partial charge in [0.05, 0.1) is 30.5 Å². The summed E-state index contributed by atoms with van der Waals surface area (Å²) in [5, 5.41) is 8.94. The highest BCUT2D eigenvalue weighted by Crippen LogP contribution is 2.22. The second-order valence-corrected chi connectivity index (χ2v) is 5.17. The van der Waals surface area contributed by atoms with Crippen LogP contribution in [0.1, 0.15) is 42.6 Å². The van der Waals surface area contributed by atoms with Gasteiger partial charge in [-0.15, -0.1) is 0 Å². The second kappa shape index (κ2) is 6.17. The minimum Gasteiger partial charge on any atom is -0.478 e. The average molecular weight is 264 g/mol. The van der Waals surface area contributed by atoms with E-state index in [1.165, 1.54) is 0 Å². The Kier molecular flexibility index (Phi) is 4.56. The summed E-state index contributed by atoms with van der Waals surface area (Å²) in [6.07, 6.45) is 2.41. The summed E-state index contributed by atoms with van der Waals surface area (Å²) in [6.45, 7) is 4.55. The molecule has 4 heteroatoms. The van der Waals surface area contributed by atoms with Gasteiger partial charge < -0.3 is 14.6 Å². The molecule has 1 aromatic carbocycles. The molecule has 1 aliphatic heterocycles. The number of rotatable bonds is 4. The molecule has 1 saturated heterocycles. The molecule has 0 spiro atoms. The van der Waals surface area contributed by atoms with Crippen molar-refractivity contribution in [3.63, 3.8) is 0 Å². The van der Waals surface area contributed by atoms with Gasteiger partial charge in [0.15, 0.2) is 0 Å². The zero-order valence-electron chi connectivity index (χ0n) is 11.3. The van der Waals surface area contributed by atoms with Crippen molar-refractivity contribution in [2.24, 2.45) is 0 Å². The summed E-state index contributed by atoms with van der Waals surface area (Å²) in [6, 6.07) is 6.88. The number of benzene rings is 1. The van der Waals surface area contributed by atoms with E-state index in [0.717, 1.165) is 18.4 Å². The normalized spacial score (nSPS) is 27.2. The average Bonchev–Trinajstić information content (AvgIpc) is 2.35. The van der Waals surface area contributed by atoms with Gasteiger partial charge in [-0.3, -0.25) is 0 Å². The Morgan fingerprint density at radius 3 is 2.68 bits per heavy atom. The number of hydrogen-bond donors (Lipinski definition) is 1. The summed E-state index contributed by atoms with van der Waals surface area (Å²) < 4.78 is 11.5. The summed E-state index contributed by atoms with van der Waals surface area (Å²) in [5.41, 5.74) is 1.20. The maximum atomic E-state index is 10.9. The van der Waals surface area contributed by atoms with Gasteiger partial charge in [-0.25, -0.2) is 4.79 Å². The van der Waals surface area contributed by atoms with Crippen LogP contribution in [0, 0.1) is 0 Å². The molecule has 104 valence electrons. The fourth-order valence-electron chi connectivity index (χ4n) is 2.49.